The minimum atomic E-state index is -0.428. The third-order valence-corrected chi connectivity index (χ3v) is 6.47. The second kappa shape index (κ2) is 7.42. The molecule has 5 rings (SSSR count). The lowest BCUT2D eigenvalue weighted by atomic mass is 9.54. The molecule has 0 N–H and O–H groups in total. The Morgan fingerprint density at radius 1 is 0.893 bits per heavy atom. The molecule has 3 saturated carbocycles. The molecule has 4 heteroatoms. The minimum Gasteiger partial charge on any atom is -0.454 e. The average Bonchev–Trinajstić information content (AvgIpc) is 2.71. The predicted octanol–water partition coefficient (Wildman–Crippen LogP) is 4.89. The molecule has 0 spiro atoms. The minimum absolute atomic E-state index is 0.180. The molecule has 3 aliphatic carbocycles. The van der Waals surface area contributed by atoms with Gasteiger partial charge in [0.2, 0.25) is 0 Å². The van der Waals surface area contributed by atoms with Crippen LogP contribution in [0.15, 0.2) is 60.7 Å². The van der Waals surface area contributed by atoms with Crippen molar-refractivity contribution in [2.75, 3.05) is 0 Å². The molecule has 146 valence electrons. The topological polar surface area (TPSA) is 52.6 Å². The molecule has 4 nitrogen and oxygen atoms in total. The van der Waals surface area contributed by atoms with Gasteiger partial charge in [0.15, 0.2) is 0 Å². The van der Waals surface area contributed by atoms with E-state index in [0.717, 1.165) is 19.3 Å². The van der Waals surface area contributed by atoms with Gasteiger partial charge in [-0.2, -0.15) is 0 Å². The van der Waals surface area contributed by atoms with E-state index in [0.29, 0.717) is 17.0 Å². The summed E-state index contributed by atoms with van der Waals surface area (Å²) in [6.45, 7) is 4.37. The molecule has 0 saturated heterocycles. The molecule has 2 aromatic carbocycles. The lowest BCUT2D eigenvalue weighted by molar-refractivity contribution is -0.175. The van der Waals surface area contributed by atoms with Gasteiger partial charge in [-0.1, -0.05) is 50.2 Å². The summed E-state index contributed by atoms with van der Waals surface area (Å²) in [7, 11) is 0. The molecule has 3 aliphatic rings. The standard InChI is InChI=1S/C24H26O4/c1-16-15-24(2)14-13-19(16)20(27-22(25)17-9-5-3-6-10-17)21(24)28-23(26)18-11-7-4-8-12-18/h3-12,16,19-21H,13-15H2,1-2H3. The summed E-state index contributed by atoms with van der Waals surface area (Å²) in [6, 6.07) is 18.0. The van der Waals surface area contributed by atoms with Gasteiger partial charge in [-0.05, 0) is 49.4 Å². The van der Waals surface area contributed by atoms with Crippen molar-refractivity contribution in [3.63, 3.8) is 0 Å². The first kappa shape index (κ1) is 18.7. The molecule has 3 fully saturated rings. The van der Waals surface area contributed by atoms with Gasteiger partial charge in [0, 0.05) is 11.3 Å². The number of carbonyl (C=O) groups excluding carboxylic acids is 2. The molecule has 0 heterocycles. The molecule has 5 unspecified atom stereocenters. The van der Waals surface area contributed by atoms with Gasteiger partial charge in [-0.3, -0.25) is 0 Å². The molecule has 0 aromatic heterocycles. The number of ether oxygens (including phenoxy) is 2. The van der Waals surface area contributed by atoms with E-state index in [1.54, 1.807) is 24.3 Å². The van der Waals surface area contributed by atoms with Gasteiger partial charge in [0.05, 0.1) is 11.1 Å². The summed E-state index contributed by atoms with van der Waals surface area (Å²) in [4.78, 5) is 25.5. The van der Waals surface area contributed by atoms with Gasteiger partial charge in [-0.15, -0.1) is 0 Å². The number of fused-ring (bicyclic) bond motifs is 3. The number of benzene rings is 2. The zero-order valence-corrected chi connectivity index (χ0v) is 16.3. The van der Waals surface area contributed by atoms with Crippen LogP contribution in [0.1, 0.15) is 53.8 Å². The van der Waals surface area contributed by atoms with E-state index in [2.05, 4.69) is 13.8 Å². The molecule has 0 aliphatic heterocycles. The molecule has 28 heavy (non-hydrogen) atoms. The van der Waals surface area contributed by atoms with Gasteiger partial charge in [0.1, 0.15) is 12.2 Å². The lowest BCUT2D eigenvalue weighted by Crippen LogP contribution is -2.59. The zero-order chi connectivity index (χ0) is 19.7. The van der Waals surface area contributed by atoms with E-state index in [-0.39, 0.29) is 23.3 Å². The summed E-state index contributed by atoms with van der Waals surface area (Å²) in [6.07, 6.45) is 2.10. The van der Waals surface area contributed by atoms with Crippen LogP contribution in [0.5, 0.6) is 0 Å². The van der Waals surface area contributed by atoms with Crippen molar-refractivity contribution in [3.05, 3.63) is 71.8 Å². The van der Waals surface area contributed by atoms with Crippen LogP contribution in [0.25, 0.3) is 0 Å². The normalized spacial score (nSPS) is 31.2. The van der Waals surface area contributed by atoms with Gasteiger partial charge in [-0.25, -0.2) is 9.59 Å². The van der Waals surface area contributed by atoms with Crippen LogP contribution < -0.4 is 0 Å². The van der Waals surface area contributed by atoms with Crippen LogP contribution in [-0.4, -0.2) is 24.1 Å². The van der Waals surface area contributed by atoms with E-state index in [9.17, 15) is 9.59 Å². The van der Waals surface area contributed by atoms with Crippen LogP contribution >= 0.6 is 0 Å². The first-order valence-electron chi connectivity index (χ1n) is 10.00. The molecular weight excluding hydrogens is 352 g/mol. The fraction of sp³-hybridized carbons (Fsp3) is 0.417. The third-order valence-electron chi connectivity index (χ3n) is 6.47. The monoisotopic (exact) mass is 378 g/mol. The van der Waals surface area contributed by atoms with Crippen molar-refractivity contribution in [2.24, 2.45) is 17.3 Å². The molecule has 5 atom stereocenters. The zero-order valence-electron chi connectivity index (χ0n) is 16.3. The Bertz CT molecular complexity index is 847. The highest BCUT2D eigenvalue weighted by Gasteiger charge is 2.57. The highest BCUT2D eigenvalue weighted by atomic mass is 16.6. The van der Waals surface area contributed by atoms with Crippen LogP contribution in [0.3, 0.4) is 0 Å². The highest BCUT2D eigenvalue weighted by molar-refractivity contribution is 5.90. The third kappa shape index (κ3) is 3.44. The van der Waals surface area contributed by atoms with Crippen molar-refractivity contribution >= 4 is 11.9 Å². The molecular formula is C24H26O4. The Balaban J connectivity index is 1.59. The predicted molar refractivity (Wildman–Crippen MR) is 106 cm³/mol. The van der Waals surface area contributed by atoms with E-state index in [4.69, 9.17) is 9.47 Å². The fourth-order valence-corrected chi connectivity index (χ4v) is 5.02. The Morgan fingerprint density at radius 2 is 1.43 bits per heavy atom. The van der Waals surface area contributed by atoms with Gasteiger partial charge >= 0.3 is 11.9 Å². The lowest BCUT2D eigenvalue weighted by Gasteiger charge is -2.55. The number of hydrogen-bond donors (Lipinski definition) is 0. The number of hydrogen-bond acceptors (Lipinski definition) is 4. The maximum Gasteiger partial charge on any atom is 0.338 e. The summed E-state index contributed by atoms with van der Waals surface area (Å²) in [5.41, 5.74) is 0.865. The largest absolute Gasteiger partial charge is 0.454 e. The average molecular weight is 378 g/mol. The van der Waals surface area contributed by atoms with Gasteiger partial charge < -0.3 is 9.47 Å². The van der Waals surface area contributed by atoms with Crippen LogP contribution in [0.4, 0.5) is 0 Å². The van der Waals surface area contributed by atoms with Gasteiger partial charge in [0.25, 0.3) is 0 Å². The number of rotatable bonds is 4. The highest BCUT2D eigenvalue weighted by Crippen LogP contribution is 2.55. The first-order valence-corrected chi connectivity index (χ1v) is 10.00. The second-order valence-electron chi connectivity index (χ2n) is 8.47. The van der Waals surface area contributed by atoms with E-state index >= 15 is 0 Å². The summed E-state index contributed by atoms with van der Waals surface area (Å²) in [5.74, 6) is -0.0652. The quantitative estimate of drug-likeness (QED) is 0.711. The number of carbonyl (C=O) groups is 2. The second-order valence-corrected chi connectivity index (χ2v) is 8.47. The Morgan fingerprint density at radius 3 is 1.96 bits per heavy atom. The van der Waals surface area contributed by atoms with E-state index < -0.39 is 12.2 Å². The Labute approximate surface area is 165 Å². The molecule has 0 amide bonds. The number of esters is 2. The molecule has 2 bridgehead atoms. The Hall–Kier alpha value is -2.62. The van der Waals surface area contributed by atoms with E-state index in [1.165, 1.54) is 0 Å². The van der Waals surface area contributed by atoms with Crippen molar-refractivity contribution in [3.8, 4) is 0 Å². The summed E-state index contributed by atoms with van der Waals surface area (Å²) >= 11 is 0. The smallest absolute Gasteiger partial charge is 0.338 e. The van der Waals surface area contributed by atoms with Crippen LogP contribution in [-0.2, 0) is 9.47 Å². The summed E-state index contributed by atoms with van der Waals surface area (Å²) in [5, 5.41) is 0. The maximum absolute atomic E-state index is 12.8. The van der Waals surface area contributed by atoms with Crippen molar-refractivity contribution < 1.29 is 19.1 Å². The SMILES string of the molecule is CC1CC2(C)CCC1C(OC(=O)c1ccccc1)C2OC(=O)c1ccccc1. The van der Waals surface area contributed by atoms with Crippen molar-refractivity contribution in [2.45, 2.75) is 45.3 Å². The first-order chi connectivity index (χ1) is 13.5. The summed E-state index contributed by atoms with van der Waals surface area (Å²) < 4.78 is 12.0. The van der Waals surface area contributed by atoms with Crippen molar-refractivity contribution in [1.82, 2.24) is 0 Å². The maximum atomic E-state index is 12.8. The fourth-order valence-electron chi connectivity index (χ4n) is 5.02. The van der Waals surface area contributed by atoms with Crippen LogP contribution in [0, 0.1) is 17.3 Å². The van der Waals surface area contributed by atoms with Crippen molar-refractivity contribution in [1.29, 1.82) is 0 Å². The van der Waals surface area contributed by atoms with Crippen LogP contribution in [0.2, 0.25) is 0 Å². The Kier molecular flexibility index (Phi) is 4.96. The molecule has 0 radical (unpaired) electrons. The molecule has 2 aromatic rings. The van der Waals surface area contributed by atoms with E-state index in [1.807, 2.05) is 36.4 Å².